The molecule has 0 heterocycles. The highest BCUT2D eigenvalue weighted by Gasteiger charge is 2.13. The summed E-state index contributed by atoms with van der Waals surface area (Å²) >= 11 is 0. The van der Waals surface area contributed by atoms with Gasteiger partial charge in [0.25, 0.3) is 10.0 Å². The Morgan fingerprint density at radius 1 is 1.00 bits per heavy atom. The van der Waals surface area contributed by atoms with Gasteiger partial charge in [0.2, 0.25) is 0 Å². The second-order valence-corrected chi connectivity index (χ2v) is 6.48. The number of sulfonamides is 1. The summed E-state index contributed by atoms with van der Waals surface area (Å²) in [5, 5.41) is 3.30. The molecule has 0 saturated carbocycles. The molecular formula is C16H20N2O2S. The largest absolute Gasteiger partial charge is 0.313 e. The van der Waals surface area contributed by atoms with Gasteiger partial charge < -0.3 is 5.32 Å². The van der Waals surface area contributed by atoms with E-state index in [1.165, 1.54) is 0 Å². The van der Waals surface area contributed by atoms with Gasteiger partial charge in [-0.25, -0.2) is 8.42 Å². The molecule has 2 aromatic rings. The lowest BCUT2D eigenvalue weighted by atomic mass is 10.2. The van der Waals surface area contributed by atoms with Gasteiger partial charge in [0.15, 0.2) is 0 Å². The van der Waals surface area contributed by atoms with Gasteiger partial charge in [0.05, 0.1) is 4.90 Å². The highest BCUT2D eigenvalue weighted by Crippen LogP contribution is 2.17. The van der Waals surface area contributed by atoms with Gasteiger partial charge in [-0.3, -0.25) is 4.72 Å². The van der Waals surface area contributed by atoms with Crippen LogP contribution in [0.2, 0.25) is 0 Å². The fourth-order valence-corrected chi connectivity index (χ4v) is 3.04. The van der Waals surface area contributed by atoms with Gasteiger partial charge in [0, 0.05) is 12.2 Å². The smallest absolute Gasteiger partial charge is 0.261 e. The standard InChI is InChI=1S/C16H20N2O2S/c1-2-11-17-13-14-7-6-8-15(12-14)18-21(19,20)16-9-4-3-5-10-16/h3-10,12,17-18H,2,11,13H2,1H3. The summed E-state index contributed by atoms with van der Waals surface area (Å²) in [6.07, 6.45) is 1.07. The topological polar surface area (TPSA) is 58.2 Å². The molecule has 0 spiro atoms. The maximum atomic E-state index is 12.2. The number of rotatable bonds is 7. The van der Waals surface area contributed by atoms with E-state index < -0.39 is 10.0 Å². The number of hydrogen-bond donors (Lipinski definition) is 2. The van der Waals surface area contributed by atoms with E-state index in [4.69, 9.17) is 0 Å². The Morgan fingerprint density at radius 2 is 1.76 bits per heavy atom. The van der Waals surface area contributed by atoms with Gasteiger partial charge in [-0.1, -0.05) is 37.3 Å². The van der Waals surface area contributed by atoms with Crippen molar-refractivity contribution in [3.8, 4) is 0 Å². The molecule has 0 radical (unpaired) electrons. The fourth-order valence-electron chi connectivity index (χ4n) is 1.97. The minimum absolute atomic E-state index is 0.263. The molecule has 2 rings (SSSR count). The molecular weight excluding hydrogens is 284 g/mol. The van der Waals surface area contributed by atoms with Crippen LogP contribution in [0.5, 0.6) is 0 Å². The minimum atomic E-state index is -3.53. The third-order valence-corrected chi connectivity index (χ3v) is 4.39. The summed E-state index contributed by atoms with van der Waals surface area (Å²) in [6.45, 7) is 3.78. The predicted octanol–water partition coefficient (Wildman–Crippen LogP) is 2.99. The number of anilines is 1. The summed E-state index contributed by atoms with van der Waals surface area (Å²) in [6, 6.07) is 15.8. The molecule has 0 fully saturated rings. The quantitative estimate of drug-likeness (QED) is 0.773. The summed E-state index contributed by atoms with van der Waals surface area (Å²) in [5.41, 5.74) is 1.63. The molecule has 0 aromatic heterocycles. The van der Waals surface area contributed by atoms with E-state index in [0.717, 1.165) is 25.1 Å². The molecule has 0 unspecified atom stereocenters. The summed E-state index contributed by atoms with van der Waals surface area (Å²) in [4.78, 5) is 0.263. The zero-order chi connectivity index (χ0) is 15.1. The van der Waals surface area contributed by atoms with Gasteiger partial charge in [0.1, 0.15) is 0 Å². The molecule has 0 aliphatic rings. The Hall–Kier alpha value is -1.85. The normalized spacial score (nSPS) is 11.3. The molecule has 112 valence electrons. The van der Waals surface area contributed by atoms with Crippen LogP contribution < -0.4 is 10.0 Å². The third-order valence-electron chi connectivity index (χ3n) is 2.99. The Kier molecular flexibility index (Phi) is 5.36. The Labute approximate surface area is 126 Å². The van der Waals surface area contributed by atoms with Crippen molar-refractivity contribution in [1.82, 2.24) is 5.32 Å². The first-order valence-corrected chi connectivity index (χ1v) is 8.47. The van der Waals surface area contributed by atoms with Crippen LogP contribution in [-0.4, -0.2) is 15.0 Å². The van der Waals surface area contributed by atoms with Crippen LogP contribution in [0.4, 0.5) is 5.69 Å². The van der Waals surface area contributed by atoms with Crippen molar-refractivity contribution in [3.63, 3.8) is 0 Å². The van der Waals surface area contributed by atoms with Crippen LogP contribution in [0, 0.1) is 0 Å². The van der Waals surface area contributed by atoms with Crippen molar-refractivity contribution in [3.05, 3.63) is 60.2 Å². The predicted molar refractivity (Wildman–Crippen MR) is 85.7 cm³/mol. The monoisotopic (exact) mass is 304 g/mol. The molecule has 2 N–H and O–H groups in total. The van der Waals surface area contributed by atoms with E-state index in [1.807, 2.05) is 18.2 Å². The lowest BCUT2D eigenvalue weighted by Gasteiger charge is -2.10. The van der Waals surface area contributed by atoms with Crippen LogP contribution >= 0.6 is 0 Å². The molecule has 0 aliphatic carbocycles. The first-order chi connectivity index (χ1) is 10.1. The molecule has 0 bridgehead atoms. The van der Waals surface area contributed by atoms with E-state index in [-0.39, 0.29) is 4.90 Å². The summed E-state index contributed by atoms with van der Waals surface area (Å²) in [7, 11) is -3.53. The first kappa shape index (κ1) is 15.5. The van der Waals surface area contributed by atoms with E-state index >= 15 is 0 Å². The molecule has 0 aliphatic heterocycles. The van der Waals surface area contributed by atoms with Crippen LogP contribution in [0.3, 0.4) is 0 Å². The SMILES string of the molecule is CCCNCc1cccc(NS(=O)(=O)c2ccccc2)c1. The van der Waals surface area contributed by atoms with Gasteiger partial charge in [-0.05, 0) is 42.8 Å². The van der Waals surface area contributed by atoms with Crippen LogP contribution in [0.1, 0.15) is 18.9 Å². The average molecular weight is 304 g/mol. The fraction of sp³-hybridized carbons (Fsp3) is 0.250. The second kappa shape index (κ2) is 7.24. The van der Waals surface area contributed by atoms with Gasteiger partial charge in [-0.2, -0.15) is 0 Å². The van der Waals surface area contributed by atoms with Crippen molar-refractivity contribution >= 4 is 15.7 Å². The molecule has 2 aromatic carbocycles. The van der Waals surface area contributed by atoms with E-state index in [1.54, 1.807) is 36.4 Å². The lowest BCUT2D eigenvalue weighted by molar-refractivity contribution is 0.601. The zero-order valence-electron chi connectivity index (χ0n) is 12.0. The first-order valence-electron chi connectivity index (χ1n) is 6.99. The summed E-state index contributed by atoms with van der Waals surface area (Å²) in [5.74, 6) is 0. The lowest BCUT2D eigenvalue weighted by Crippen LogP contribution is -2.15. The second-order valence-electron chi connectivity index (χ2n) is 4.80. The summed E-state index contributed by atoms with van der Waals surface area (Å²) < 4.78 is 27.1. The Morgan fingerprint density at radius 3 is 2.48 bits per heavy atom. The number of nitrogens with one attached hydrogen (secondary N) is 2. The van der Waals surface area contributed by atoms with Crippen LogP contribution in [0.15, 0.2) is 59.5 Å². The third kappa shape index (κ3) is 4.58. The number of hydrogen-bond acceptors (Lipinski definition) is 3. The van der Waals surface area contributed by atoms with E-state index in [0.29, 0.717) is 5.69 Å². The van der Waals surface area contributed by atoms with Crippen molar-refractivity contribution in [1.29, 1.82) is 0 Å². The molecule has 0 atom stereocenters. The van der Waals surface area contributed by atoms with Crippen LogP contribution in [0.25, 0.3) is 0 Å². The maximum absolute atomic E-state index is 12.2. The Balaban J connectivity index is 2.11. The van der Waals surface area contributed by atoms with Gasteiger partial charge in [-0.15, -0.1) is 0 Å². The highest BCUT2D eigenvalue weighted by molar-refractivity contribution is 7.92. The van der Waals surface area contributed by atoms with Crippen LogP contribution in [-0.2, 0) is 16.6 Å². The minimum Gasteiger partial charge on any atom is -0.313 e. The highest BCUT2D eigenvalue weighted by atomic mass is 32.2. The molecule has 0 saturated heterocycles. The maximum Gasteiger partial charge on any atom is 0.261 e. The zero-order valence-corrected chi connectivity index (χ0v) is 12.9. The van der Waals surface area contributed by atoms with Gasteiger partial charge >= 0.3 is 0 Å². The van der Waals surface area contributed by atoms with E-state index in [9.17, 15) is 8.42 Å². The molecule has 4 nitrogen and oxygen atoms in total. The molecule has 21 heavy (non-hydrogen) atoms. The molecule has 0 amide bonds. The average Bonchev–Trinajstić information content (AvgIpc) is 2.48. The van der Waals surface area contributed by atoms with Crippen molar-refractivity contribution < 1.29 is 8.42 Å². The van der Waals surface area contributed by atoms with Crippen molar-refractivity contribution in [2.75, 3.05) is 11.3 Å². The van der Waals surface area contributed by atoms with Crippen molar-refractivity contribution in [2.45, 2.75) is 24.8 Å². The molecule has 5 heteroatoms. The Bertz CT molecular complexity index is 670. The van der Waals surface area contributed by atoms with E-state index in [2.05, 4.69) is 17.0 Å². The van der Waals surface area contributed by atoms with Crippen molar-refractivity contribution in [2.24, 2.45) is 0 Å². The number of benzene rings is 2.